The van der Waals surface area contributed by atoms with E-state index in [4.69, 9.17) is 19.8 Å². The summed E-state index contributed by atoms with van der Waals surface area (Å²) >= 11 is 0. The predicted molar refractivity (Wildman–Crippen MR) is 141 cm³/mol. The molecule has 1 fully saturated rings. The number of para-hydroxylation sites is 1. The van der Waals surface area contributed by atoms with Crippen LogP contribution in [0.2, 0.25) is 0 Å². The molecule has 1 saturated heterocycles. The van der Waals surface area contributed by atoms with Crippen molar-refractivity contribution in [3.8, 4) is 17.0 Å². The first-order valence-electron chi connectivity index (χ1n) is 13.2. The molecule has 1 aromatic carbocycles. The Hall–Kier alpha value is -4.05. The van der Waals surface area contributed by atoms with Crippen molar-refractivity contribution in [2.24, 2.45) is 0 Å². The van der Waals surface area contributed by atoms with Crippen molar-refractivity contribution >= 4 is 23.0 Å². The van der Waals surface area contributed by atoms with Gasteiger partial charge in [0.15, 0.2) is 5.65 Å². The van der Waals surface area contributed by atoms with Crippen molar-refractivity contribution < 1.29 is 14.6 Å². The maximum Gasteiger partial charge on any atom is 0.248 e. The maximum atomic E-state index is 11.9. The van der Waals surface area contributed by atoms with Crippen molar-refractivity contribution in [2.45, 2.75) is 37.8 Å². The molecule has 2 atom stereocenters. The highest BCUT2D eigenvalue weighted by Crippen LogP contribution is 2.47. The van der Waals surface area contributed by atoms with Crippen LogP contribution in [0, 0.1) is 0 Å². The number of aliphatic hydroxyl groups excluding tert-OH is 1. The van der Waals surface area contributed by atoms with Gasteiger partial charge in [0.25, 0.3) is 0 Å². The second kappa shape index (κ2) is 8.76. The van der Waals surface area contributed by atoms with E-state index in [-0.39, 0.29) is 17.5 Å². The highest BCUT2D eigenvalue weighted by atomic mass is 16.5. The number of carbonyl (C=O) groups excluding carboxylic acids is 1. The Morgan fingerprint density at radius 3 is 2.79 bits per heavy atom. The van der Waals surface area contributed by atoms with Gasteiger partial charge in [0.05, 0.1) is 5.69 Å². The fraction of sp³-hybridized carbons (Fsp3) is 0.393. The first-order valence-corrected chi connectivity index (χ1v) is 13.2. The first kappa shape index (κ1) is 23.1. The van der Waals surface area contributed by atoms with Gasteiger partial charge in [-0.25, -0.2) is 19.9 Å². The number of piperazine rings is 1. The molecule has 0 saturated carbocycles. The number of benzene rings is 1. The Morgan fingerprint density at radius 2 is 1.97 bits per heavy atom. The summed E-state index contributed by atoms with van der Waals surface area (Å²) in [5.74, 6) is 2.37. The van der Waals surface area contributed by atoms with E-state index in [2.05, 4.69) is 31.6 Å². The SMILES string of the molecule is C[C@H]1CN(C(=O)CO)CCN1c1ncc(-c2ccc3nc4n(c3n2)C2(CCC4)COc3ccccc32)cn1. The van der Waals surface area contributed by atoms with Gasteiger partial charge in [0.2, 0.25) is 11.9 Å². The Bertz CT molecular complexity index is 1540. The summed E-state index contributed by atoms with van der Waals surface area (Å²) in [6, 6.07) is 12.4. The van der Waals surface area contributed by atoms with E-state index in [0.29, 0.717) is 32.2 Å². The number of anilines is 1. The molecule has 10 heteroatoms. The van der Waals surface area contributed by atoms with E-state index in [1.54, 1.807) is 4.90 Å². The lowest BCUT2D eigenvalue weighted by atomic mass is 9.83. The van der Waals surface area contributed by atoms with Crippen LogP contribution < -0.4 is 9.64 Å². The predicted octanol–water partition coefficient (Wildman–Crippen LogP) is 2.39. The van der Waals surface area contributed by atoms with Crippen LogP contribution in [0.25, 0.3) is 22.4 Å². The smallest absolute Gasteiger partial charge is 0.248 e. The number of aromatic nitrogens is 5. The van der Waals surface area contributed by atoms with Crippen molar-refractivity contribution in [1.82, 2.24) is 29.4 Å². The molecule has 7 rings (SSSR count). The number of fused-ring (bicyclic) bond motifs is 6. The van der Waals surface area contributed by atoms with Gasteiger partial charge in [-0.2, -0.15) is 0 Å². The van der Waals surface area contributed by atoms with Gasteiger partial charge >= 0.3 is 0 Å². The van der Waals surface area contributed by atoms with E-state index in [0.717, 1.165) is 53.3 Å². The van der Waals surface area contributed by atoms with Crippen LogP contribution in [0.1, 0.15) is 31.2 Å². The Kier molecular flexibility index (Phi) is 5.33. The number of aryl methyl sites for hydroxylation is 1. The molecule has 0 bridgehead atoms. The Balaban J connectivity index is 1.21. The standard InChI is InChI=1S/C28H29N7O3/c1-18-15-33(25(37)16-36)11-12-34(18)27-29-13-19(14-30-27)21-8-9-22-26(32-21)35-24(31-22)7-4-10-28(35)17-38-23-6-3-2-5-20(23)28/h2-3,5-6,8-9,13-14,18,36H,4,7,10-12,15-17H2,1H3/t18-,28?/m0/s1. The van der Waals surface area contributed by atoms with E-state index >= 15 is 0 Å². The molecule has 3 aromatic heterocycles. The van der Waals surface area contributed by atoms with Crippen LogP contribution in [0.3, 0.4) is 0 Å². The van der Waals surface area contributed by atoms with Gasteiger partial charge in [-0.05, 0) is 38.0 Å². The second-order valence-electron chi connectivity index (χ2n) is 10.4. The number of pyridine rings is 1. The molecule has 0 radical (unpaired) electrons. The molecule has 4 aromatic rings. The number of rotatable bonds is 3. The van der Waals surface area contributed by atoms with Crippen LogP contribution >= 0.6 is 0 Å². The Labute approximate surface area is 219 Å². The highest BCUT2D eigenvalue weighted by Gasteiger charge is 2.46. The average molecular weight is 512 g/mol. The largest absolute Gasteiger partial charge is 0.490 e. The normalized spacial score (nSPS) is 22.4. The summed E-state index contributed by atoms with van der Waals surface area (Å²) < 4.78 is 8.46. The lowest BCUT2D eigenvalue weighted by Gasteiger charge is -2.39. The van der Waals surface area contributed by atoms with Crippen LogP contribution in [-0.2, 0) is 16.8 Å². The minimum atomic E-state index is -0.462. The molecule has 3 aliphatic heterocycles. The minimum Gasteiger partial charge on any atom is -0.490 e. The summed E-state index contributed by atoms with van der Waals surface area (Å²) in [5.41, 5.74) is 4.29. The number of aliphatic hydroxyl groups is 1. The zero-order chi connectivity index (χ0) is 25.9. The van der Waals surface area contributed by atoms with Crippen LogP contribution in [0.5, 0.6) is 5.75 Å². The summed E-state index contributed by atoms with van der Waals surface area (Å²) in [6.45, 7) is 3.84. The summed E-state index contributed by atoms with van der Waals surface area (Å²) in [4.78, 5) is 35.0. The molecule has 194 valence electrons. The van der Waals surface area contributed by atoms with E-state index in [1.807, 2.05) is 43.6 Å². The maximum absolute atomic E-state index is 11.9. The van der Waals surface area contributed by atoms with Crippen LogP contribution in [0.4, 0.5) is 5.95 Å². The molecule has 3 aliphatic rings. The third-order valence-corrected chi connectivity index (χ3v) is 8.15. The fourth-order valence-electron chi connectivity index (χ4n) is 6.26. The van der Waals surface area contributed by atoms with Gasteiger partial charge in [-0.3, -0.25) is 9.36 Å². The van der Waals surface area contributed by atoms with E-state index in [1.165, 1.54) is 5.56 Å². The van der Waals surface area contributed by atoms with Gasteiger partial charge in [0, 0.05) is 55.6 Å². The van der Waals surface area contributed by atoms with Gasteiger partial charge in [-0.1, -0.05) is 18.2 Å². The van der Waals surface area contributed by atoms with Crippen molar-refractivity contribution in [3.05, 3.63) is 60.2 Å². The quantitative estimate of drug-likeness (QED) is 0.447. The summed E-state index contributed by atoms with van der Waals surface area (Å²) in [5, 5.41) is 9.17. The second-order valence-corrected chi connectivity index (χ2v) is 10.4. The van der Waals surface area contributed by atoms with E-state index in [9.17, 15) is 4.79 Å². The highest BCUT2D eigenvalue weighted by molar-refractivity contribution is 5.78. The lowest BCUT2D eigenvalue weighted by Crippen LogP contribution is -2.54. The third-order valence-electron chi connectivity index (χ3n) is 8.15. The van der Waals surface area contributed by atoms with Crippen molar-refractivity contribution in [2.75, 3.05) is 37.7 Å². The number of carbonyl (C=O) groups is 1. The average Bonchev–Trinajstić information content (AvgIpc) is 3.52. The zero-order valence-corrected chi connectivity index (χ0v) is 21.2. The van der Waals surface area contributed by atoms with E-state index < -0.39 is 6.61 Å². The molecule has 1 spiro atoms. The minimum absolute atomic E-state index is 0.0468. The summed E-state index contributed by atoms with van der Waals surface area (Å²) in [7, 11) is 0. The molecule has 1 N–H and O–H groups in total. The first-order chi connectivity index (χ1) is 18.6. The van der Waals surface area contributed by atoms with Gasteiger partial charge < -0.3 is 19.6 Å². The van der Waals surface area contributed by atoms with Crippen molar-refractivity contribution in [3.63, 3.8) is 0 Å². The molecular weight excluding hydrogens is 482 g/mol. The fourth-order valence-corrected chi connectivity index (χ4v) is 6.26. The van der Waals surface area contributed by atoms with Crippen molar-refractivity contribution in [1.29, 1.82) is 0 Å². The number of amides is 1. The number of hydrogen-bond acceptors (Lipinski definition) is 8. The molecule has 6 heterocycles. The van der Waals surface area contributed by atoms with Gasteiger partial charge in [-0.15, -0.1) is 0 Å². The molecule has 38 heavy (non-hydrogen) atoms. The lowest BCUT2D eigenvalue weighted by molar-refractivity contribution is -0.134. The number of hydrogen-bond donors (Lipinski definition) is 1. The molecule has 1 amide bonds. The van der Waals surface area contributed by atoms with Gasteiger partial charge in [0.1, 0.15) is 35.8 Å². The zero-order valence-electron chi connectivity index (χ0n) is 21.2. The molecule has 1 unspecified atom stereocenters. The monoisotopic (exact) mass is 511 g/mol. The number of nitrogens with zero attached hydrogens (tertiary/aromatic N) is 7. The summed E-state index contributed by atoms with van der Waals surface area (Å²) in [6.07, 6.45) is 6.59. The Morgan fingerprint density at radius 1 is 1.13 bits per heavy atom. The molecule has 10 nitrogen and oxygen atoms in total. The number of imidazole rings is 1. The van der Waals surface area contributed by atoms with Crippen LogP contribution in [-0.4, -0.2) is 79.3 Å². The third kappa shape index (κ3) is 3.47. The molecular formula is C28H29N7O3. The number of ether oxygens (including phenoxy) is 1. The van der Waals surface area contributed by atoms with Crippen LogP contribution in [0.15, 0.2) is 48.8 Å². The topological polar surface area (TPSA) is 110 Å². The molecule has 0 aliphatic carbocycles.